The minimum atomic E-state index is -0.384. The van der Waals surface area contributed by atoms with Crippen molar-refractivity contribution in [3.8, 4) is 5.75 Å². The summed E-state index contributed by atoms with van der Waals surface area (Å²) in [6, 6.07) is 20.7. The second kappa shape index (κ2) is 10.0. The van der Waals surface area contributed by atoms with Crippen molar-refractivity contribution in [1.82, 2.24) is 4.90 Å². The fourth-order valence-corrected chi connectivity index (χ4v) is 3.16. The van der Waals surface area contributed by atoms with Crippen molar-refractivity contribution >= 4 is 17.5 Å². The highest BCUT2D eigenvalue weighted by molar-refractivity contribution is 6.32. The third-order valence-corrected chi connectivity index (χ3v) is 4.68. The quantitative estimate of drug-likeness (QED) is 0.585. The number of nitrogens with zero attached hydrogens (tertiary/aromatic N) is 1. The van der Waals surface area contributed by atoms with Crippen molar-refractivity contribution in [2.45, 2.75) is 13.2 Å². The van der Waals surface area contributed by atoms with Gasteiger partial charge < -0.3 is 15.4 Å². The molecule has 2 N–H and O–H groups in total. The Hall–Kier alpha value is -2.89. The Morgan fingerprint density at radius 2 is 1.72 bits per heavy atom. The standard InChI is InChI=1S/C23H22ClFN2O2/c24-21-14-18(6-11-22(21)29-16-17-4-2-1-3-5-17)15-27(13-12-26)23(28)19-7-9-20(25)10-8-19/h1-11,14H,12-13,15-16,26H2. The van der Waals surface area contributed by atoms with Crippen LogP contribution >= 0.6 is 11.6 Å². The number of nitrogens with two attached hydrogens (primary N) is 1. The molecule has 6 heteroatoms. The molecule has 0 unspecified atom stereocenters. The van der Waals surface area contributed by atoms with Gasteiger partial charge in [-0.2, -0.15) is 0 Å². The van der Waals surface area contributed by atoms with Gasteiger partial charge in [0.05, 0.1) is 5.02 Å². The largest absolute Gasteiger partial charge is 0.487 e. The van der Waals surface area contributed by atoms with Crippen LogP contribution in [0.3, 0.4) is 0 Å². The van der Waals surface area contributed by atoms with E-state index >= 15 is 0 Å². The first kappa shape index (κ1) is 20.8. The van der Waals surface area contributed by atoms with Gasteiger partial charge in [0.1, 0.15) is 18.2 Å². The van der Waals surface area contributed by atoms with Crippen LogP contribution in [0.15, 0.2) is 72.8 Å². The molecule has 0 aliphatic rings. The Kier molecular flexibility index (Phi) is 7.22. The zero-order chi connectivity index (χ0) is 20.6. The summed E-state index contributed by atoms with van der Waals surface area (Å²) in [4.78, 5) is 14.4. The van der Waals surface area contributed by atoms with Crippen LogP contribution in [0.5, 0.6) is 5.75 Å². The molecule has 0 radical (unpaired) electrons. The second-order valence-electron chi connectivity index (χ2n) is 6.56. The van der Waals surface area contributed by atoms with Crippen LogP contribution in [-0.4, -0.2) is 23.9 Å². The van der Waals surface area contributed by atoms with Gasteiger partial charge in [-0.1, -0.05) is 48.0 Å². The van der Waals surface area contributed by atoms with Gasteiger partial charge in [0, 0.05) is 25.2 Å². The van der Waals surface area contributed by atoms with Gasteiger partial charge in [0.2, 0.25) is 0 Å². The van der Waals surface area contributed by atoms with Crippen LogP contribution in [0.25, 0.3) is 0 Å². The van der Waals surface area contributed by atoms with Gasteiger partial charge in [-0.3, -0.25) is 4.79 Å². The van der Waals surface area contributed by atoms with Crippen molar-refractivity contribution < 1.29 is 13.9 Å². The summed E-state index contributed by atoms with van der Waals surface area (Å²) < 4.78 is 18.9. The number of ether oxygens (including phenoxy) is 1. The maximum atomic E-state index is 13.1. The number of benzene rings is 3. The normalized spacial score (nSPS) is 10.6. The van der Waals surface area contributed by atoms with Gasteiger partial charge in [0.25, 0.3) is 5.91 Å². The highest BCUT2D eigenvalue weighted by Crippen LogP contribution is 2.27. The molecule has 3 aromatic carbocycles. The van der Waals surface area contributed by atoms with Crippen LogP contribution in [0.2, 0.25) is 5.02 Å². The third kappa shape index (κ3) is 5.79. The zero-order valence-corrected chi connectivity index (χ0v) is 16.6. The van der Waals surface area contributed by atoms with Gasteiger partial charge in [-0.25, -0.2) is 4.39 Å². The minimum absolute atomic E-state index is 0.212. The second-order valence-corrected chi connectivity index (χ2v) is 6.97. The zero-order valence-electron chi connectivity index (χ0n) is 15.9. The van der Waals surface area contributed by atoms with E-state index in [0.29, 0.717) is 42.6 Å². The SMILES string of the molecule is NCCN(Cc1ccc(OCc2ccccc2)c(Cl)c1)C(=O)c1ccc(F)cc1. The lowest BCUT2D eigenvalue weighted by molar-refractivity contribution is 0.0748. The molecule has 0 fully saturated rings. The van der Waals surface area contributed by atoms with E-state index in [9.17, 15) is 9.18 Å². The summed E-state index contributed by atoms with van der Waals surface area (Å²) in [5.41, 5.74) is 7.98. The van der Waals surface area contributed by atoms with Crippen molar-refractivity contribution in [1.29, 1.82) is 0 Å². The van der Waals surface area contributed by atoms with Gasteiger partial charge in [0.15, 0.2) is 0 Å². The van der Waals surface area contributed by atoms with E-state index in [1.54, 1.807) is 17.0 Å². The van der Waals surface area contributed by atoms with Crippen LogP contribution in [0.4, 0.5) is 4.39 Å². The fraction of sp³-hybridized carbons (Fsp3) is 0.174. The average molecular weight is 413 g/mol. The number of hydrogen-bond donors (Lipinski definition) is 1. The van der Waals surface area contributed by atoms with Crippen LogP contribution in [-0.2, 0) is 13.2 Å². The minimum Gasteiger partial charge on any atom is -0.487 e. The maximum Gasteiger partial charge on any atom is 0.254 e. The van der Waals surface area contributed by atoms with Crippen LogP contribution < -0.4 is 10.5 Å². The Labute approximate surface area is 174 Å². The summed E-state index contributed by atoms with van der Waals surface area (Å²) in [5, 5.41) is 0.473. The molecular weight excluding hydrogens is 391 g/mol. The number of carbonyl (C=O) groups excluding carboxylic acids is 1. The molecule has 3 rings (SSSR count). The van der Waals surface area contributed by atoms with Crippen molar-refractivity contribution in [3.05, 3.63) is 100 Å². The van der Waals surface area contributed by atoms with Crippen molar-refractivity contribution in [2.75, 3.05) is 13.1 Å². The third-order valence-electron chi connectivity index (χ3n) is 4.38. The van der Waals surface area contributed by atoms with Gasteiger partial charge in [-0.15, -0.1) is 0 Å². The Balaban J connectivity index is 1.69. The molecule has 0 aliphatic heterocycles. The number of hydrogen-bond acceptors (Lipinski definition) is 3. The topological polar surface area (TPSA) is 55.6 Å². The van der Waals surface area contributed by atoms with E-state index in [2.05, 4.69) is 0 Å². The molecule has 0 heterocycles. The number of carbonyl (C=O) groups is 1. The van der Waals surface area contributed by atoms with E-state index in [1.807, 2.05) is 36.4 Å². The van der Waals surface area contributed by atoms with Crippen molar-refractivity contribution in [3.63, 3.8) is 0 Å². The maximum absolute atomic E-state index is 13.1. The lowest BCUT2D eigenvalue weighted by Gasteiger charge is -2.22. The molecule has 150 valence electrons. The summed E-state index contributed by atoms with van der Waals surface area (Å²) in [6.45, 7) is 1.45. The first-order chi connectivity index (χ1) is 14.1. The molecule has 0 aromatic heterocycles. The molecule has 0 saturated heterocycles. The first-order valence-corrected chi connectivity index (χ1v) is 9.64. The average Bonchev–Trinajstić information content (AvgIpc) is 2.73. The fourth-order valence-electron chi connectivity index (χ4n) is 2.90. The first-order valence-electron chi connectivity index (χ1n) is 9.27. The predicted octanol–water partition coefficient (Wildman–Crippen LogP) is 4.66. The summed E-state index contributed by atoms with van der Waals surface area (Å²) >= 11 is 6.38. The monoisotopic (exact) mass is 412 g/mol. The van der Waals surface area contributed by atoms with E-state index in [1.165, 1.54) is 24.3 Å². The van der Waals surface area contributed by atoms with Gasteiger partial charge >= 0.3 is 0 Å². The molecule has 0 bridgehead atoms. The Morgan fingerprint density at radius 3 is 2.38 bits per heavy atom. The Bertz CT molecular complexity index is 949. The van der Waals surface area contributed by atoms with E-state index in [4.69, 9.17) is 22.1 Å². The molecule has 3 aromatic rings. The Morgan fingerprint density at radius 1 is 1.00 bits per heavy atom. The summed E-state index contributed by atoms with van der Waals surface area (Å²) in [7, 11) is 0. The lowest BCUT2D eigenvalue weighted by Crippen LogP contribution is -2.34. The molecular formula is C23H22ClFN2O2. The predicted molar refractivity (Wildman–Crippen MR) is 112 cm³/mol. The van der Waals surface area contributed by atoms with E-state index < -0.39 is 0 Å². The molecule has 0 spiro atoms. The number of halogens is 2. The number of rotatable bonds is 8. The molecule has 29 heavy (non-hydrogen) atoms. The molecule has 0 aliphatic carbocycles. The lowest BCUT2D eigenvalue weighted by atomic mass is 10.1. The molecule has 4 nitrogen and oxygen atoms in total. The summed E-state index contributed by atoms with van der Waals surface area (Å²) in [6.07, 6.45) is 0. The van der Waals surface area contributed by atoms with Crippen LogP contribution in [0.1, 0.15) is 21.5 Å². The molecule has 1 amide bonds. The highest BCUT2D eigenvalue weighted by atomic mass is 35.5. The highest BCUT2D eigenvalue weighted by Gasteiger charge is 2.16. The van der Waals surface area contributed by atoms with Crippen LogP contribution in [0, 0.1) is 5.82 Å². The summed E-state index contributed by atoms with van der Waals surface area (Å²) in [5.74, 6) is -0.0183. The van der Waals surface area contributed by atoms with Crippen molar-refractivity contribution in [2.24, 2.45) is 5.73 Å². The molecule has 0 saturated carbocycles. The number of amides is 1. The van der Waals surface area contributed by atoms with Gasteiger partial charge in [-0.05, 0) is 47.5 Å². The van der Waals surface area contributed by atoms with E-state index in [0.717, 1.165) is 11.1 Å². The van der Waals surface area contributed by atoms with E-state index in [-0.39, 0.29) is 11.7 Å². The smallest absolute Gasteiger partial charge is 0.254 e. The molecule has 0 atom stereocenters.